The highest BCUT2D eigenvalue weighted by Crippen LogP contribution is 2.29. The number of nitriles is 1. The summed E-state index contributed by atoms with van der Waals surface area (Å²) in [6.45, 7) is 11.1. The molecule has 4 nitrogen and oxygen atoms in total. The van der Waals surface area contributed by atoms with Gasteiger partial charge in [-0.15, -0.1) is 0 Å². The molecule has 4 heteroatoms. The Morgan fingerprint density at radius 1 is 1.44 bits per heavy atom. The standard InChI is InChI=1S/C14H24N2O2/c1-10(2)12(8-15)11-6-7-16(9-11)13(17)18-14(3,4)5/h10-12H,6-7,9H2,1-5H3. The second-order valence-corrected chi connectivity index (χ2v) is 6.37. The quantitative estimate of drug-likeness (QED) is 0.759. The van der Waals surface area contributed by atoms with Gasteiger partial charge in [0.05, 0.1) is 12.0 Å². The van der Waals surface area contributed by atoms with Crippen LogP contribution in [0.2, 0.25) is 0 Å². The SMILES string of the molecule is CC(C)C(C#N)C1CCN(C(=O)OC(C)(C)C)C1. The van der Waals surface area contributed by atoms with Gasteiger partial charge < -0.3 is 9.64 Å². The molecule has 0 aromatic carbocycles. The molecule has 0 spiro atoms. The van der Waals surface area contributed by atoms with Crippen LogP contribution in [-0.4, -0.2) is 29.7 Å². The molecule has 2 unspecified atom stereocenters. The summed E-state index contributed by atoms with van der Waals surface area (Å²) in [7, 11) is 0. The molecule has 0 aromatic rings. The first-order chi connectivity index (χ1) is 8.24. The summed E-state index contributed by atoms with van der Waals surface area (Å²) in [4.78, 5) is 13.6. The van der Waals surface area contributed by atoms with Crippen molar-refractivity contribution in [2.24, 2.45) is 17.8 Å². The van der Waals surface area contributed by atoms with Crippen LogP contribution in [0.3, 0.4) is 0 Å². The van der Waals surface area contributed by atoms with E-state index in [9.17, 15) is 10.1 Å². The van der Waals surface area contributed by atoms with E-state index in [0.717, 1.165) is 6.42 Å². The molecule has 1 saturated heterocycles. The zero-order valence-corrected chi connectivity index (χ0v) is 12.1. The van der Waals surface area contributed by atoms with Crippen LogP contribution in [0.4, 0.5) is 4.79 Å². The van der Waals surface area contributed by atoms with Crippen molar-refractivity contribution in [3.8, 4) is 6.07 Å². The lowest BCUT2D eigenvalue weighted by Gasteiger charge is -2.25. The van der Waals surface area contributed by atoms with Crippen LogP contribution < -0.4 is 0 Å². The van der Waals surface area contributed by atoms with Gasteiger partial charge >= 0.3 is 6.09 Å². The van der Waals surface area contributed by atoms with Gasteiger partial charge in [-0.25, -0.2) is 4.79 Å². The summed E-state index contributed by atoms with van der Waals surface area (Å²) in [5, 5.41) is 9.18. The molecule has 18 heavy (non-hydrogen) atoms. The third kappa shape index (κ3) is 3.90. The summed E-state index contributed by atoms with van der Waals surface area (Å²) < 4.78 is 5.35. The van der Waals surface area contributed by atoms with Crippen LogP contribution in [0.15, 0.2) is 0 Å². The van der Waals surface area contributed by atoms with E-state index in [2.05, 4.69) is 19.9 Å². The number of carbonyl (C=O) groups is 1. The Hall–Kier alpha value is -1.24. The second-order valence-electron chi connectivity index (χ2n) is 6.37. The average Bonchev–Trinajstić information content (AvgIpc) is 2.64. The topological polar surface area (TPSA) is 53.3 Å². The second kappa shape index (κ2) is 5.60. The normalized spacial score (nSPS) is 21.8. The Labute approximate surface area is 110 Å². The molecule has 0 aliphatic carbocycles. The summed E-state index contributed by atoms with van der Waals surface area (Å²) >= 11 is 0. The van der Waals surface area contributed by atoms with E-state index in [-0.39, 0.29) is 17.9 Å². The van der Waals surface area contributed by atoms with E-state index in [4.69, 9.17) is 4.74 Å². The van der Waals surface area contributed by atoms with Crippen LogP contribution in [0.1, 0.15) is 41.0 Å². The van der Waals surface area contributed by atoms with Gasteiger partial charge in [-0.05, 0) is 39.0 Å². The molecule has 0 radical (unpaired) electrons. The zero-order valence-electron chi connectivity index (χ0n) is 12.1. The summed E-state index contributed by atoms with van der Waals surface area (Å²) in [6.07, 6.45) is 0.640. The molecular weight excluding hydrogens is 228 g/mol. The third-order valence-electron chi connectivity index (χ3n) is 3.25. The first kappa shape index (κ1) is 14.8. The van der Waals surface area contributed by atoms with E-state index in [1.54, 1.807) is 4.90 Å². The first-order valence-corrected chi connectivity index (χ1v) is 6.62. The molecule has 0 N–H and O–H groups in total. The Morgan fingerprint density at radius 3 is 2.50 bits per heavy atom. The molecule has 1 rings (SSSR count). The molecule has 0 bridgehead atoms. The number of ether oxygens (including phenoxy) is 1. The minimum Gasteiger partial charge on any atom is -0.444 e. The lowest BCUT2D eigenvalue weighted by atomic mass is 9.84. The number of hydrogen-bond donors (Lipinski definition) is 0. The fourth-order valence-corrected chi connectivity index (χ4v) is 2.37. The zero-order chi connectivity index (χ0) is 13.9. The minimum atomic E-state index is -0.457. The summed E-state index contributed by atoms with van der Waals surface area (Å²) in [5.41, 5.74) is -0.457. The molecular formula is C14H24N2O2. The van der Waals surface area contributed by atoms with E-state index < -0.39 is 5.60 Å². The Morgan fingerprint density at radius 2 is 2.06 bits per heavy atom. The number of carbonyl (C=O) groups excluding carboxylic acids is 1. The van der Waals surface area contributed by atoms with Crippen molar-refractivity contribution in [1.82, 2.24) is 4.90 Å². The number of amides is 1. The average molecular weight is 252 g/mol. The molecule has 1 fully saturated rings. The van der Waals surface area contributed by atoms with Crippen LogP contribution in [-0.2, 0) is 4.74 Å². The van der Waals surface area contributed by atoms with E-state index in [0.29, 0.717) is 19.0 Å². The lowest BCUT2D eigenvalue weighted by molar-refractivity contribution is 0.0283. The molecule has 1 aliphatic heterocycles. The number of hydrogen-bond acceptors (Lipinski definition) is 3. The van der Waals surface area contributed by atoms with Crippen molar-refractivity contribution in [3.05, 3.63) is 0 Å². The maximum atomic E-state index is 11.9. The Balaban J connectivity index is 2.56. The monoisotopic (exact) mass is 252 g/mol. The van der Waals surface area contributed by atoms with Crippen molar-refractivity contribution in [3.63, 3.8) is 0 Å². The maximum Gasteiger partial charge on any atom is 0.410 e. The van der Waals surface area contributed by atoms with Gasteiger partial charge in [0, 0.05) is 13.1 Å². The van der Waals surface area contributed by atoms with Crippen LogP contribution in [0, 0.1) is 29.1 Å². The third-order valence-corrected chi connectivity index (χ3v) is 3.25. The van der Waals surface area contributed by atoms with E-state index in [1.807, 2.05) is 20.8 Å². The van der Waals surface area contributed by atoms with Gasteiger partial charge in [-0.3, -0.25) is 0 Å². The van der Waals surface area contributed by atoms with Gasteiger partial charge in [0.1, 0.15) is 5.60 Å². The molecule has 102 valence electrons. The highest BCUT2D eigenvalue weighted by Gasteiger charge is 2.35. The van der Waals surface area contributed by atoms with Crippen molar-refractivity contribution < 1.29 is 9.53 Å². The molecule has 2 atom stereocenters. The fraction of sp³-hybridized carbons (Fsp3) is 0.857. The number of rotatable bonds is 2. The Kier molecular flexibility index (Phi) is 4.61. The number of likely N-dealkylation sites (tertiary alicyclic amines) is 1. The van der Waals surface area contributed by atoms with Crippen molar-refractivity contribution >= 4 is 6.09 Å². The lowest BCUT2D eigenvalue weighted by Crippen LogP contribution is -2.36. The summed E-state index contributed by atoms with van der Waals surface area (Å²) in [6, 6.07) is 2.37. The van der Waals surface area contributed by atoms with Crippen LogP contribution in [0.25, 0.3) is 0 Å². The van der Waals surface area contributed by atoms with Gasteiger partial charge in [0.25, 0.3) is 0 Å². The molecule has 0 aromatic heterocycles. The van der Waals surface area contributed by atoms with Gasteiger partial charge in [-0.2, -0.15) is 5.26 Å². The fourth-order valence-electron chi connectivity index (χ4n) is 2.37. The van der Waals surface area contributed by atoms with Crippen molar-refractivity contribution in [2.75, 3.05) is 13.1 Å². The van der Waals surface area contributed by atoms with Crippen molar-refractivity contribution in [1.29, 1.82) is 5.26 Å². The Bertz CT molecular complexity index is 339. The van der Waals surface area contributed by atoms with E-state index in [1.165, 1.54) is 0 Å². The minimum absolute atomic E-state index is 0.0254. The molecule has 1 aliphatic rings. The largest absolute Gasteiger partial charge is 0.444 e. The molecule has 0 saturated carbocycles. The van der Waals surface area contributed by atoms with Gasteiger partial charge in [0.15, 0.2) is 0 Å². The predicted octanol–water partition coefficient (Wildman–Crippen LogP) is 3.04. The highest BCUT2D eigenvalue weighted by molar-refractivity contribution is 5.68. The number of nitrogens with zero attached hydrogens (tertiary/aromatic N) is 2. The maximum absolute atomic E-state index is 11.9. The predicted molar refractivity (Wildman–Crippen MR) is 69.9 cm³/mol. The van der Waals surface area contributed by atoms with Gasteiger partial charge in [0.2, 0.25) is 0 Å². The molecule has 1 amide bonds. The van der Waals surface area contributed by atoms with E-state index >= 15 is 0 Å². The van der Waals surface area contributed by atoms with Crippen molar-refractivity contribution in [2.45, 2.75) is 46.6 Å². The smallest absolute Gasteiger partial charge is 0.410 e. The van der Waals surface area contributed by atoms with Crippen LogP contribution in [0.5, 0.6) is 0 Å². The summed E-state index contributed by atoms with van der Waals surface area (Å²) in [5.74, 6) is 0.638. The van der Waals surface area contributed by atoms with Gasteiger partial charge in [-0.1, -0.05) is 13.8 Å². The first-order valence-electron chi connectivity index (χ1n) is 6.62. The van der Waals surface area contributed by atoms with Crippen LogP contribution >= 0.6 is 0 Å². The molecule has 1 heterocycles. The highest BCUT2D eigenvalue weighted by atomic mass is 16.6.